The number of benzene rings is 1. The summed E-state index contributed by atoms with van der Waals surface area (Å²) in [6, 6.07) is 6.72. The SMILES string of the molecule is CCCCCCCCC(=O)Nc1ccc(C(=O)OC)cc1. The molecule has 0 saturated carbocycles. The van der Waals surface area contributed by atoms with Crippen LogP contribution in [0.1, 0.15) is 62.2 Å². The minimum Gasteiger partial charge on any atom is -0.465 e. The van der Waals surface area contributed by atoms with E-state index >= 15 is 0 Å². The topological polar surface area (TPSA) is 55.4 Å². The summed E-state index contributed by atoms with van der Waals surface area (Å²) in [5.41, 5.74) is 1.19. The van der Waals surface area contributed by atoms with Crippen molar-refractivity contribution in [1.82, 2.24) is 0 Å². The third-order valence-electron chi connectivity index (χ3n) is 3.35. The normalized spacial score (nSPS) is 10.2. The predicted molar refractivity (Wildman–Crippen MR) is 84.4 cm³/mol. The summed E-state index contributed by atoms with van der Waals surface area (Å²) in [7, 11) is 1.35. The Balaban J connectivity index is 2.26. The van der Waals surface area contributed by atoms with Crippen molar-refractivity contribution in [3.63, 3.8) is 0 Å². The standard InChI is InChI=1S/C17H25NO3/c1-3-4-5-6-7-8-9-16(19)18-15-12-10-14(11-13-15)17(20)21-2/h10-13H,3-9H2,1-2H3,(H,18,19). The first-order valence-electron chi connectivity index (χ1n) is 7.65. The van der Waals surface area contributed by atoms with Crippen LogP contribution in [0.4, 0.5) is 5.69 Å². The van der Waals surface area contributed by atoms with Crippen LogP contribution in [0, 0.1) is 0 Å². The van der Waals surface area contributed by atoms with Crippen LogP contribution in [0.3, 0.4) is 0 Å². The number of amides is 1. The summed E-state index contributed by atoms with van der Waals surface area (Å²) < 4.78 is 4.62. The molecule has 0 aliphatic heterocycles. The van der Waals surface area contributed by atoms with Gasteiger partial charge in [0, 0.05) is 12.1 Å². The van der Waals surface area contributed by atoms with Gasteiger partial charge < -0.3 is 10.1 Å². The molecule has 1 aromatic carbocycles. The number of anilines is 1. The number of rotatable bonds is 9. The lowest BCUT2D eigenvalue weighted by molar-refractivity contribution is -0.116. The highest BCUT2D eigenvalue weighted by Gasteiger charge is 2.06. The van der Waals surface area contributed by atoms with Crippen molar-refractivity contribution in [3.8, 4) is 0 Å². The second kappa shape index (κ2) is 9.97. The number of nitrogens with one attached hydrogen (secondary N) is 1. The van der Waals surface area contributed by atoms with Crippen molar-refractivity contribution in [3.05, 3.63) is 29.8 Å². The van der Waals surface area contributed by atoms with Gasteiger partial charge in [0.2, 0.25) is 5.91 Å². The van der Waals surface area contributed by atoms with Crippen LogP contribution >= 0.6 is 0 Å². The van der Waals surface area contributed by atoms with E-state index in [4.69, 9.17) is 0 Å². The zero-order valence-corrected chi connectivity index (χ0v) is 13.0. The van der Waals surface area contributed by atoms with Crippen LogP contribution in [-0.4, -0.2) is 19.0 Å². The summed E-state index contributed by atoms with van der Waals surface area (Å²) in [5.74, 6) is -0.351. The Morgan fingerprint density at radius 2 is 1.62 bits per heavy atom. The fourth-order valence-electron chi connectivity index (χ4n) is 2.10. The second-order valence-corrected chi connectivity index (χ2v) is 5.13. The van der Waals surface area contributed by atoms with Crippen molar-refractivity contribution in [1.29, 1.82) is 0 Å². The van der Waals surface area contributed by atoms with Gasteiger partial charge in [-0.25, -0.2) is 4.79 Å². The lowest BCUT2D eigenvalue weighted by Crippen LogP contribution is -2.11. The quantitative estimate of drug-likeness (QED) is 0.549. The van der Waals surface area contributed by atoms with E-state index in [0.29, 0.717) is 17.7 Å². The molecule has 4 nitrogen and oxygen atoms in total. The number of unbranched alkanes of at least 4 members (excludes halogenated alkanes) is 5. The highest BCUT2D eigenvalue weighted by atomic mass is 16.5. The van der Waals surface area contributed by atoms with Gasteiger partial charge >= 0.3 is 5.97 Å². The molecule has 1 amide bonds. The van der Waals surface area contributed by atoms with E-state index in [9.17, 15) is 9.59 Å². The molecule has 4 heteroatoms. The minimum atomic E-state index is -0.375. The number of esters is 1. The lowest BCUT2D eigenvalue weighted by Gasteiger charge is -2.06. The first kappa shape index (κ1) is 17.2. The summed E-state index contributed by atoms with van der Waals surface area (Å²) >= 11 is 0. The molecule has 0 fully saturated rings. The molecule has 0 saturated heterocycles. The van der Waals surface area contributed by atoms with Crippen molar-refractivity contribution >= 4 is 17.6 Å². The molecule has 0 heterocycles. The minimum absolute atomic E-state index is 0.0244. The van der Waals surface area contributed by atoms with Crippen molar-refractivity contribution < 1.29 is 14.3 Å². The molecule has 0 aromatic heterocycles. The van der Waals surface area contributed by atoms with E-state index in [0.717, 1.165) is 12.8 Å². The van der Waals surface area contributed by atoms with Crippen LogP contribution < -0.4 is 5.32 Å². The molecule has 0 unspecified atom stereocenters. The number of ether oxygens (including phenoxy) is 1. The maximum Gasteiger partial charge on any atom is 0.337 e. The van der Waals surface area contributed by atoms with Gasteiger partial charge in [0.05, 0.1) is 12.7 Å². The Bertz CT molecular complexity index is 440. The third kappa shape index (κ3) is 6.93. The summed E-state index contributed by atoms with van der Waals surface area (Å²) in [4.78, 5) is 23.1. The maximum atomic E-state index is 11.8. The zero-order chi connectivity index (χ0) is 15.5. The van der Waals surface area contributed by atoms with Crippen molar-refractivity contribution in [2.75, 3.05) is 12.4 Å². The molecule has 0 bridgehead atoms. The monoisotopic (exact) mass is 291 g/mol. The predicted octanol–water partition coefficient (Wildman–Crippen LogP) is 4.16. The van der Waals surface area contributed by atoms with E-state index in [1.54, 1.807) is 24.3 Å². The maximum absolute atomic E-state index is 11.8. The summed E-state index contributed by atoms with van der Waals surface area (Å²) in [6.07, 6.45) is 7.55. The third-order valence-corrected chi connectivity index (χ3v) is 3.35. The van der Waals surface area contributed by atoms with Crippen LogP contribution in [0.15, 0.2) is 24.3 Å². The largest absolute Gasteiger partial charge is 0.465 e. The molecule has 0 aliphatic carbocycles. The average Bonchev–Trinajstić information content (AvgIpc) is 2.50. The van der Waals surface area contributed by atoms with Crippen LogP contribution in [0.25, 0.3) is 0 Å². The first-order chi connectivity index (χ1) is 10.2. The second-order valence-electron chi connectivity index (χ2n) is 5.13. The van der Waals surface area contributed by atoms with Crippen LogP contribution in [0.5, 0.6) is 0 Å². The summed E-state index contributed by atoms with van der Waals surface area (Å²) in [5, 5.41) is 2.84. The lowest BCUT2D eigenvalue weighted by atomic mass is 10.1. The molecule has 0 spiro atoms. The molecule has 21 heavy (non-hydrogen) atoms. The van der Waals surface area contributed by atoms with Gasteiger partial charge in [0.25, 0.3) is 0 Å². The molecule has 0 radical (unpaired) electrons. The number of carbonyl (C=O) groups is 2. The Kier molecular flexibility index (Phi) is 8.17. The van der Waals surface area contributed by atoms with Crippen molar-refractivity contribution in [2.24, 2.45) is 0 Å². The fraction of sp³-hybridized carbons (Fsp3) is 0.529. The molecule has 0 aliphatic rings. The fourth-order valence-corrected chi connectivity index (χ4v) is 2.10. The highest BCUT2D eigenvalue weighted by Crippen LogP contribution is 2.12. The van der Waals surface area contributed by atoms with Gasteiger partial charge in [-0.15, -0.1) is 0 Å². The van der Waals surface area contributed by atoms with Gasteiger partial charge in [-0.1, -0.05) is 39.0 Å². The molecule has 1 aromatic rings. The van der Waals surface area contributed by atoms with Gasteiger partial charge in [0.15, 0.2) is 0 Å². The molecular formula is C17H25NO3. The van der Waals surface area contributed by atoms with Gasteiger partial charge in [-0.3, -0.25) is 4.79 Å². The highest BCUT2D eigenvalue weighted by molar-refractivity contribution is 5.92. The first-order valence-corrected chi connectivity index (χ1v) is 7.65. The van der Waals surface area contributed by atoms with E-state index in [1.807, 2.05) is 0 Å². The number of carbonyl (C=O) groups excluding carboxylic acids is 2. The average molecular weight is 291 g/mol. The smallest absolute Gasteiger partial charge is 0.337 e. The number of hydrogen-bond donors (Lipinski definition) is 1. The molecule has 1 rings (SSSR count). The van der Waals surface area contributed by atoms with Gasteiger partial charge in [-0.05, 0) is 30.7 Å². The zero-order valence-electron chi connectivity index (χ0n) is 13.0. The van der Waals surface area contributed by atoms with Crippen molar-refractivity contribution in [2.45, 2.75) is 51.9 Å². The summed E-state index contributed by atoms with van der Waals surface area (Å²) in [6.45, 7) is 2.19. The Hall–Kier alpha value is -1.84. The number of methoxy groups -OCH3 is 1. The van der Waals surface area contributed by atoms with E-state index in [-0.39, 0.29) is 11.9 Å². The van der Waals surface area contributed by atoms with Crippen LogP contribution in [-0.2, 0) is 9.53 Å². The van der Waals surface area contributed by atoms with Gasteiger partial charge in [-0.2, -0.15) is 0 Å². The number of hydrogen-bond acceptors (Lipinski definition) is 3. The molecule has 1 N–H and O–H groups in total. The Labute approximate surface area is 126 Å². The van der Waals surface area contributed by atoms with E-state index in [1.165, 1.54) is 32.8 Å². The Morgan fingerprint density at radius 3 is 2.24 bits per heavy atom. The van der Waals surface area contributed by atoms with Gasteiger partial charge in [0.1, 0.15) is 0 Å². The van der Waals surface area contributed by atoms with E-state index in [2.05, 4.69) is 17.0 Å². The molecule has 116 valence electrons. The molecule has 0 atom stereocenters. The Morgan fingerprint density at radius 1 is 1.00 bits per heavy atom. The van der Waals surface area contributed by atoms with Crippen LogP contribution in [0.2, 0.25) is 0 Å². The van der Waals surface area contributed by atoms with E-state index < -0.39 is 0 Å². The molecular weight excluding hydrogens is 266 g/mol.